The van der Waals surface area contributed by atoms with Crippen LogP contribution in [-0.4, -0.2) is 27.3 Å². The van der Waals surface area contributed by atoms with Gasteiger partial charge < -0.3 is 9.14 Å². The first kappa shape index (κ1) is 16.8. The lowest BCUT2D eigenvalue weighted by Gasteiger charge is -2.10. The highest BCUT2D eigenvalue weighted by Gasteiger charge is 2.24. The zero-order valence-electron chi connectivity index (χ0n) is 14.8. The highest BCUT2D eigenvalue weighted by molar-refractivity contribution is 5.78. The summed E-state index contributed by atoms with van der Waals surface area (Å²) in [5, 5.41) is 14.1. The van der Waals surface area contributed by atoms with E-state index in [1.807, 2.05) is 60.4 Å². The molecule has 6 nitrogen and oxygen atoms in total. The minimum absolute atomic E-state index is 0.280. The SMILES string of the molecule is COC(=O)C(C)c1c(C)nn(Cc2cn3ccccc3c2C#N)c1C. The molecule has 0 aliphatic heterocycles. The number of nitrogens with zero attached hydrogens (tertiary/aromatic N) is 4. The van der Waals surface area contributed by atoms with Crippen molar-refractivity contribution in [2.24, 2.45) is 0 Å². The number of pyridine rings is 1. The summed E-state index contributed by atoms with van der Waals surface area (Å²) in [7, 11) is 1.39. The van der Waals surface area contributed by atoms with Crippen LogP contribution in [0, 0.1) is 25.2 Å². The van der Waals surface area contributed by atoms with Gasteiger partial charge in [0.25, 0.3) is 0 Å². The Morgan fingerprint density at radius 1 is 1.40 bits per heavy atom. The van der Waals surface area contributed by atoms with E-state index in [1.54, 1.807) is 0 Å². The highest BCUT2D eigenvalue weighted by atomic mass is 16.5. The Kier molecular flexibility index (Phi) is 4.32. The van der Waals surface area contributed by atoms with Crippen LogP contribution in [0.1, 0.15) is 40.9 Å². The number of aryl methyl sites for hydroxylation is 1. The van der Waals surface area contributed by atoms with Crippen LogP contribution in [0.15, 0.2) is 30.6 Å². The molecule has 0 aromatic carbocycles. The predicted octanol–water partition coefficient (Wildman–Crippen LogP) is 2.95. The van der Waals surface area contributed by atoms with E-state index < -0.39 is 0 Å². The summed E-state index contributed by atoms with van der Waals surface area (Å²) in [5.74, 6) is -0.652. The number of carbonyl (C=O) groups excluding carboxylic acids is 1. The summed E-state index contributed by atoms with van der Waals surface area (Å²) in [4.78, 5) is 11.9. The van der Waals surface area contributed by atoms with Crippen LogP contribution in [0.3, 0.4) is 0 Å². The van der Waals surface area contributed by atoms with Gasteiger partial charge in [-0.3, -0.25) is 9.48 Å². The third kappa shape index (κ3) is 2.78. The Hall–Kier alpha value is -3.07. The van der Waals surface area contributed by atoms with Gasteiger partial charge in [-0.05, 0) is 32.9 Å². The number of aromatic nitrogens is 3. The van der Waals surface area contributed by atoms with Gasteiger partial charge in [0.15, 0.2) is 0 Å². The molecule has 0 radical (unpaired) electrons. The van der Waals surface area contributed by atoms with Crippen molar-refractivity contribution in [3.05, 3.63) is 58.7 Å². The topological polar surface area (TPSA) is 72.3 Å². The molecule has 0 fully saturated rings. The molecule has 128 valence electrons. The number of esters is 1. The summed E-state index contributed by atoms with van der Waals surface area (Å²) in [6.45, 7) is 6.13. The van der Waals surface area contributed by atoms with Gasteiger partial charge in [-0.2, -0.15) is 10.4 Å². The number of rotatable bonds is 4. The molecule has 1 atom stereocenters. The van der Waals surface area contributed by atoms with Crippen molar-refractivity contribution in [1.29, 1.82) is 5.26 Å². The van der Waals surface area contributed by atoms with Gasteiger partial charge >= 0.3 is 5.97 Å². The molecule has 0 bridgehead atoms. The van der Waals surface area contributed by atoms with Gasteiger partial charge in [0.2, 0.25) is 0 Å². The van der Waals surface area contributed by atoms with E-state index in [4.69, 9.17) is 4.74 Å². The van der Waals surface area contributed by atoms with Gasteiger partial charge in [-0.25, -0.2) is 0 Å². The minimum Gasteiger partial charge on any atom is -0.469 e. The number of hydrogen-bond acceptors (Lipinski definition) is 4. The fourth-order valence-electron chi connectivity index (χ4n) is 3.37. The normalized spacial score (nSPS) is 12.1. The van der Waals surface area contributed by atoms with Gasteiger partial charge in [0.05, 0.1) is 36.3 Å². The molecule has 0 N–H and O–H groups in total. The fourth-order valence-corrected chi connectivity index (χ4v) is 3.37. The molecule has 0 saturated heterocycles. The largest absolute Gasteiger partial charge is 0.469 e. The minimum atomic E-state index is -0.373. The molecule has 0 saturated carbocycles. The molecular weight excluding hydrogens is 316 g/mol. The van der Waals surface area contributed by atoms with Gasteiger partial charge in [-0.15, -0.1) is 0 Å². The lowest BCUT2D eigenvalue weighted by atomic mass is 9.99. The number of carbonyl (C=O) groups is 1. The number of hydrogen-bond donors (Lipinski definition) is 0. The molecule has 25 heavy (non-hydrogen) atoms. The Bertz CT molecular complexity index is 991. The Morgan fingerprint density at radius 3 is 2.84 bits per heavy atom. The van der Waals surface area contributed by atoms with E-state index in [2.05, 4.69) is 11.2 Å². The second-order valence-corrected chi connectivity index (χ2v) is 6.12. The maximum Gasteiger partial charge on any atom is 0.312 e. The van der Waals surface area contributed by atoms with Gasteiger partial charge in [-0.1, -0.05) is 6.07 Å². The monoisotopic (exact) mass is 336 g/mol. The quantitative estimate of drug-likeness (QED) is 0.687. The van der Waals surface area contributed by atoms with Crippen molar-refractivity contribution < 1.29 is 9.53 Å². The van der Waals surface area contributed by atoms with Crippen LogP contribution in [0.2, 0.25) is 0 Å². The number of methoxy groups -OCH3 is 1. The van der Waals surface area contributed by atoms with E-state index >= 15 is 0 Å². The molecule has 0 aliphatic carbocycles. The van der Waals surface area contributed by atoms with Crippen LogP contribution in [0.5, 0.6) is 0 Å². The molecule has 0 amide bonds. The van der Waals surface area contributed by atoms with Crippen molar-refractivity contribution in [2.75, 3.05) is 7.11 Å². The summed E-state index contributed by atoms with van der Waals surface area (Å²) in [6, 6.07) is 8.06. The van der Waals surface area contributed by atoms with E-state index in [1.165, 1.54) is 7.11 Å². The second-order valence-electron chi connectivity index (χ2n) is 6.12. The maximum atomic E-state index is 11.9. The van der Waals surface area contributed by atoms with E-state index in [0.717, 1.165) is 28.0 Å². The first-order valence-corrected chi connectivity index (χ1v) is 8.08. The highest BCUT2D eigenvalue weighted by Crippen LogP contribution is 2.26. The maximum absolute atomic E-state index is 11.9. The molecule has 3 aromatic rings. The first-order valence-electron chi connectivity index (χ1n) is 8.08. The molecule has 3 aromatic heterocycles. The standard InChI is InChI=1S/C19H20N4O2/c1-12(19(24)25-4)18-13(2)21-23(14(18)3)11-15-10-22-8-6-5-7-17(22)16(15)9-20/h5-8,10,12H,11H2,1-4H3. The molecular formula is C19H20N4O2. The van der Waals surface area contributed by atoms with Crippen molar-refractivity contribution >= 4 is 11.5 Å². The number of fused-ring (bicyclic) bond motifs is 1. The summed E-state index contributed by atoms with van der Waals surface area (Å²) in [5.41, 5.74) is 5.03. The number of ether oxygens (including phenoxy) is 1. The van der Waals surface area contributed by atoms with E-state index in [0.29, 0.717) is 12.1 Å². The van der Waals surface area contributed by atoms with Crippen molar-refractivity contribution in [2.45, 2.75) is 33.2 Å². The van der Waals surface area contributed by atoms with Crippen LogP contribution in [0.4, 0.5) is 0 Å². The smallest absolute Gasteiger partial charge is 0.312 e. The average Bonchev–Trinajstić information content (AvgIpc) is 3.10. The van der Waals surface area contributed by atoms with Crippen molar-refractivity contribution in [1.82, 2.24) is 14.2 Å². The molecule has 1 unspecified atom stereocenters. The average molecular weight is 336 g/mol. The fraction of sp³-hybridized carbons (Fsp3) is 0.316. The Morgan fingerprint density at radius 2 is 2.16 bits per heavy atom. The summed E-state index contributed by atoms with van der Waals surface area (Å²) in [6.07, 6.45) is 3.87. The van der Waals surface area contributed by atoms with Gasteiger partial charge in [0.1, 0.15) is 6.07 Å². The Labute approximate surface area is 146 Å². The van der Waals surface area contributed by atoms with Crippen molar-refractivity contribution in [3.8, 4) is 6.07 Å². The zero-order chi connectivity index (χ0) is 18.1. The van der Waals surface area contributed by atoms with Crippen LogP contribution in [-0.2, 0) is 16.1 Å². The molecule has 0 aliphatic rings. The third-order valence-electron chi connectivity index (χ3n) is 4.62. The predicted molar refractivity (Wildman–Crippen MR) is 93.3 cm³/mol. The zero-order valence-corrected chi connectivity index (χ0v) is 14.8. The number of nitriles is 1. The molecule has 3 heterocycles. The lowest BCUT2D eigenvalue weighted by Crippen LogP contribution is -2.13. The van der Waals surface area contributed by atoms with Crippen LogP contribution in [0.25, 0.3) is 5.52 Å². The Balaban J connectivity index is 2.03. The first-order chi connectivity index (χ1) is 12.0. The lowest BCUT2D eigenvalue weighted by molar-refractivity contribution is -0.142. The van der Waals surface area contributed by atoms with E-state index in [-0.39, 0.29) is 11.9 Å². The van der Waals surface area contributed by atoms with Crippen molar-refractivity contribution in [3.63, 3.8) is 0 Å². The van der Waals surface area contributed by atoms with Crippen LogP contribution < -0.4 is 0 Å². The molecule has 3 rings (SSSR count). The summed E-state index contributed by atoms with van der Waals surface area (Å²) < 4.78 is 8.65. The third-order valence-corrected chi connectivity index (χ3v) is 4.62. The van der Waals surface area contributed by atoms with Gasteiger partial charge in [0, 0.05) is 29.2 Å². The second kappa shape index (κ2) is 6.44. The summed E-state index contributed by atoms with van der Waals surface area (Å²) >= 11 is 0. The molecule has 6 heteroatoms. The van der Waals surface area contributed by atoms with Crippen LogP contribution >= 0.6 is 0 Å². The molecule has 0 spiro atoms. The van der Waals surface area contributed by atoms with E-state index in [9.17, 15) is 10.1 Å².